The topological polar surface area (TPSA) is 132 Å². The number of carbonyl (C=O) groups is 3. The smallest absolute Gasteiger partial charge is 0.328 e. The van der Waals surface area contributed by atoms with Crippen molar-refractivity contribution in [3.63, 3.8) is 0 Å². The Morgan fingerprint density at radius 2 is 1.93 bits per heavy atom. The average molecular weight is 373 g/mol. The van der Waals surface area contributed by atoms with Crippen LogP contribution in [-0.2, 0) is 19.1 Å². The van der Waals surface area contributed by atoms with Crippen molar-refractivity contribution >= 4 is 34.4 Å². The van der Waals surface area contributed by atoms with Crippen LogP contribution < -0.4 is 5.32 Å². The highest BCUT2D eigenvalue weighted by molar-refractivity contribution is 6.03. The third-order valence-corrected chi connectivity index (χ3v) is 4.30. The number of benzene rings is 1. The molecule has 4 N–H and O–H groups in total. The Labute approximate surface area is 154 Å². The molecule has 1 aromatic carbocycles. The lowest BCUT2D eigenvalue weighted by Crippen LogP contribution is -2.42. The molecule has 1 atom stereocenters. The third-order valence-electron chi connectivity index (χ3n) is 4.30. The summed E-state index contributed by atoms with van der Waals surface area (Å²) < 4.78 is 5.30. The molecule has 1 saturated heterocycles. The van der Waals surface area contributed by atoms with Crippen LogP contribution in [0.5, 0.6) is 0 Å². The third kappa shape index (κ3) is 4.33. The minimum atomic E-state index is -1.21. The quantitative estimate of drug-likeness (QED) is 0.560. The second-order valence-corrected chi connectivity index (χ2v) is 6.05. The van der Waals surface area contributed by atoms with Crippen molar-refractivity contribution in [1.29, 1.82) is 0 Å². The first-order chi connectivity index (χ1) is 13.0. The molecular weight excluding hydrogens is 354 g/mol. The zero-order valence-electron chi connectivity index (χ0n) is 14.3. The van der Waals surface area contributed by atoms with Gasteiger partial charge < -0.3 is 25.3 Å². The molecule has 142 valence electrons. The molecule has 1 aliphatic heterocycles. The second-order valence-electron chi connectivity index (χ2n) is 6.05. The molecule has 2 heterocycles. The SMILES string of the molecule is O=C(O)/C=C/C(=O)Nc1ccc2c(C(C(=O)O)N3CCOCC3)c[nH]c2c1. The fourth-order valence-electron chi connectivity index (χ4n) is 3.11. The minimum absolute atomic E-state index is 0.467. The minimum Gasteiger partial charge on any atom is -0.480 e. The number of aromatic nitrogens is 1. The Hall–Kier alpha value is -3.17. The molecule has 1 aromatic heterocycles. The van der Waals surface area contributed by atoms with Crippen LogP contribution in [0.25, 0.3) is 10.9 Å². The summed E-state index contributed by atoms with van der Waals surface area (Å²) in [5.74, 6) is -2.72. The number of hydrogen-bond donors (Lipinski definition) is 4. The number of nitrogens with one attached hydrogen (secondary N) is 2. The van der Waals surface area contributed by atoms with Crippen LogP contribution in [0, 0.1) is 0 Å². The Balaban J connectivity index is 1.85. The highest BCUT2D eigenvalue weighted by atomic mass is 16.5. The summed E-state index contributed by atoms with van der Waals surface area (Å²) >= 11 is 0. The van der Waals surface area contributed by atoms with E-state index in [4.69, 9.17) is 9.84 Å². The van der Waals surface area contributed by atoms with Crippen molar-refractivity contribution in [3.05, 3.63) is 42.1 Å². The van der Waals surface area contributed by atoms with Crippen LogP contribution in [0.4, 0.5) is 5.69 Å². The molecule has 1 aliphatic rings. The molecule has 27 heavy (non-hydrogen) atoms. The summed E-state index contributed by atoms with van der Waals surface area (Å²) in [5, 5.41) is 21.6. The van der Waals surface area contributed by atoms with Gasteiger partial charge in [-0.15, -0.1) is 0 Å². The summed E-state index contributed by atoms with van der Waals surface area (Å²) in [6.45, 7) is 2.06. The van der Waals surface area contributed by atoms with Crippen LogP contribution in [0.1, 0.15) is 11.6 Å². The molecule has 0 radical (unpaired) electrons. The molecule has 9 heteroatoms. The first-order valence-corrected chi connectivity index (χ1v) is 8.33. The van der Waals surface area contributed by atoms with E-state index in [9.17, 15) is 19.5 Å². The number of carboxylic acids is 2. The molecule has 0 spiro atoms. The lowest BCUT2D eigenvalue weighted by Gasteiger charge is -2.31. The molecule has 0 aliphatic carbocycles. The van der Waals surface area contributed by atoms with Gasteiger partial charge in [-0.3, -0.25) is 14.5 Å². The fourth-order valence-corrected chi connectivity index (χ4v) is 3.11. The van der Waals surface area contributed by atoms with Gasteiger partial charge in [-0.05, 0) is 12.1 Å². The zero-order valence-corrected chi connectivity index (χ0v) is 14.3. The zero-order chi connectivity index (χ0) is 19.4. The number of aromatic amines is 1. The van der Waals surface area contributed by atoms with E-state index >= 15 is 0 Å². The largest absolute Gasteiger partial charge is 0.480 e. The lowest BCUT2D eigenvalue weighted by molar-refractivity contribution is -0.145. The van der Waals surface area contributed by atoms with Gasteiger partial charge in [0, 0.05) is 53.6 Å². The number of amides is 1. The molecule has 3 rings (SSSR count). The summed E-state index contributed by atoms with van der Waals surface area (Å²) in [6.07, 6.45) is 3.33. The van der Waals surface area contributed by atoms with Gasteiger partial charge in [-0.2, -0.15) is 0 Å². The summed E-state index contributed by atoms with van der Waals surface area (Å²) in [4.78, 5) is 38.9. The number of hydrogen-bond acceptors (Lipinski definition) is 5. The number of fused-ring (bicyclic) bond motifs is 1. The molecule has 0 saturated carbocycles. The number of nitrogens with zero attached hydrogens (tertiary/aromatic N) is 1. The van der Waals surface area contributed by atoms with Gasteiger partial charge >= 0.3 is 11.9 Å². The Morgan fingerprint density at radius 1 is 1.19 bits per heavy atom. The second kappa shape index (κ2) is 8.02. The summed E-state index contributed by atoms with van der Waals surface area (Å²) in [5.41, 5.74) is 1.78. The molecule has 0 bridgehead atoms. The van der Waals surface area contributed by atoms with E-state index < -0.39 is 23.9 Å². The monoisotopic (exact) mass is 373 g/mol. The van der Waals surface area contributed by atoms with E-state index in [1.54, 1.807) is 24.4 Å². The van der Waals surface area contributed by atoms with Gasteiger partial charge in [0.2, 0.25) is 5.91 Å². The number of H-pyrrole nitrogens is 1. The van der Waals surface area contributed by atoms with Crippen molar-refractivity contribution in [2.45, 2.75) is 6.04 Å². The van der Waals surface area contributed by atoms with E-state index in [1.165, 1.54) is 0 Å². The fraction of sp³-hybridized carbons (Fsp3) is 0.278. The van der Waals surface area contributed by atoms with Gasteiger partial charge in [-0.25, -0.2) is 4.79 Å². The number of anilines is 1. The van der Waals surface area contributed by atoms with Gasteiger partial charge in [0.15, 0.2) is 0 Å². The van der Waals surface area contributed by atoms with Crippen molar-refractivity contribution in [3.8, 4) is 0 Å². The normalized spacial score (nSPS) is 16.4. The van der Waals surface area contributed by atoms with E-state index in [1.807, 2.05) is 4.90 Å². The standard InChI is InChI=1S/C18H19N3O6/c22-15(3-4-16(23)24)20-11-1-2-12-13(10-19-14(12)9-11)17(18(25)26)21-5-7-27-8-6-21/h1-4,9-10,17,19H,5-8H2,(H,20,22)(H,23,24)(H,25,26)/b4-3+. The van der Waals surface area contributed by atoms with Gasteiger partial charge in [0.05, 0.1) is 13.2 Å². The van der Waals surface area contributed by atoms with Crippen molar-refractivity contribution in [2.24, 2.45) is 0 Å². The first-order valence-electron chi connectivity index (χ1n) is 8.33. The van der Waals surface area contributed by atoms with E-state index in [0.717, 1.165) is 17.5 Å². The van der Waals surface area contributed by atoms with E-state index in [-0.39, 0.29) is 0 Å². The van der Waals surface area contributed by atoms with Crippen LogP contribution in [0.3, 0.4) is 0 Å². The highest BCUT2D eigenvalue weighted by Gasteiger charge is 2.30. The maximum Gasteiger partial charge on any atom is 0.328 e. The van der Waals surface area contributed by atoms with Crippen molar-refractivity contribution < 1.29 is 29.3 Å². The number of rotatable bonds is 6. The Bertz CT molecular complexity index is 898. The Morgan fingerprint density at radius 3 is 2.59 bits per heavy atom. The molecule has 1 fully saturated rings. The summed E-state index contributed by atoms with van der Waals surface area (Å²) in [6, 6.07) is 4.25. The molecule has 1 amide bonds. The van der Waals surface area contributed by atoms with Gasteiger partial charge in [0.1, 0.15) is 6.04 Å². The number of aliphatic carboxylic acids is 2. The van der Waals surface area contributed by atoms with Crippen molar-refractivity contribution in [1.82, 2.24) is 9.88 Å². The maximum atomic E-state index is 11.9. The molecule has 1 unspecified atom stereocenters. The Kier molecular flexibility index (Phi) is 5.53. The predicted molar refractivity (Wildman–Crippen MR) is 96.5 cm³/mol. The van der Waals surface area contributed by atoms with Gasteiger partial charge in [-0.1, -0.05) is 6.07 Å². The van der Waals surface area contributed by atoms with Gasteiger partial charge in [0.25, 0.3) is 0 Å². The van der Waals surface area contributed by atoms with E-state index in [0.29, 0.717) is 43.1 Å². The van der Waals surface area contributed by atoms with Crippen LogP contribution in [0.15, 0.2) is 36.5 Å². The number of carbonyl (C=O) groups excluding carboxylic acids is 1. The van der Waals surface area contributed by atoms with Crippen LogP contribution >= 0.6 is 0 Å². The van der Waals surface area contributed by atoms with E-state index in [2.05, 4.69) is 10.3 Å². The number of ether oxygens (including phenoxy) is 1. The summed E-state index contributed by atoms with van der Waals surface area (Å²) in [7, 11) is 0. The lowest BCUT2D eigenvalue weighted by atomic mass is 10.0. The van der Waals surface area contributed by atoms with Crippen LogP contribution in [0.2, 0.25) is 0 Å². The van der Waals surface area contributed by atoms with Crippen LogP contribution in [-0.4, -0.2) is 64.2 Å². The average Bonchev–Trinajstić information content (AvgIpc) is 3.04. The number of carboxylic acid groups (broad SMARTS) is 2. The van der Waals surface area contributed by atoms with Crippen molar-refractivity contribution in [2.75, 3.05) is 31.6 Å². The number of morpholine rings is 1. The molecule has 2 aromatic rings. The highest BCUT2D eigenvalue weighted by Crippen LogP contribution is 2.30. The predicted octanol–water partition coefficient (Wildman–Crippen LogP) is 1.21. The molecule has 9 nitrogen and oxygen atoms in total. The first kappa shape index (κ1) is 18.6. The maximum absolute atomic E-state index is 11.9. The molecular formula is C18H19N3O6.